The predicted octanol–water partition coefficient (Wildman–Crippen LogP) is 4.14. The first kappa shape index (κ1) is 14.9. The normalized spacial score (nSPS) is 11.9. The van der Waals surface area contributed by atoms with Crippen LogP contribution in [0.4, 0.5) is 0 Å². The second kappa shape index (κ2) is 5.98. The van der Waals surface area contributed by atoms with Gasteiger partial charge in [-0.25, -0.2) is 0 Å². The molecule has 3 rings (SSSR count). The van der Waals surface area contributed by atoms with Crippen molar-refractivity contribution in [1.82, 2.24) is 4.90 Å². The van der Waals surface area contributed by atoms with Crippen molar-refractivity contribution in [2.75, 3.05) is 7.05 Å². The molecule has 1 amide bonds. The third-order valence-electron chi connectivity index (χ3n) is 4.02. The highest BCUT2D eigenvalue weighted by atomic mass is 16.3. The zero-order valence-corrected chi connectivity index (χ0v) is 13.0. The quantitative estimate of drug-likeness (QED) is 0.730. The van der Waals surface area contributed by atoms with E-state index in [-0.39, 0.29) is 11.9 Å². The summed E-state index contributed by atoms with van der Waals surface area (Å²) in [5.41, 5.74) is 1.90. The summed E-state index contributed by atoms with van der Waals surface area (Å²) in [6.45, 7) is 1.93. The Morgan fingerprint density at radius 1 is 1.17 bits per heavy atom. The van der Waals surface area contributed by atoms with Gasteiger partial charge in [0, 0.05) is 18.0 Å². The van der Waals surface area contributed by atoms with Crippen molar-refractivity contribution in [2.45, 2.75) is 13.0 Å². The standard InChI is InChI=1S/C19H16N2O2/c1-13(18-11-16-5-3-4-6-17(16)23-18)21(2)19(22)15-9-7-14(12-20)8-10-15/h3-11,13H,1-2H3/t13-/m1/s1. The summed E-state index contributed by atoms with van der Waals surface area (Å²) in [4.78, 5) is 14.2. The van der Waals surface area contributed by atoms with Gasteiger partial charge in [0.1, 0.15) is 11.3 Å². The molecule has 0 aliphatic heterocycles. The number of carbonyl (C=O) groups is 1. The van der Waals surface area contributed by atoms with Gasteiger partial charge >= 0.3 is 0 Å². The van der Waals surface area contributed by atoms with Crippen molar-refractivity contribution in [3.63, 3.8) is 0 Å². The first-order chi connectivity index (χ1) is 11.1. The minimum absolute atomic E-state index is 0.109. The lowest BCUT2D eigenvalue weighted by Crippen LogP contribution is -2.29. The van der Waals surface area contributed by atoms with Crippen molar-refractivity contribution in [2.24, 2.45) is 0 Å². The Hall–Kier alpha value is -3.06. The van der Waals surface area contributed by atoms with Gasteiger partial charge in [-0.2, -0.15) is 5.26 Å². The van der Waals surface area contributed by atoms with Crippen LogP contribution in [0.2, 0.25) is 0 Å². The van der Waals surface area contributed by atoms with Crippen LogP contribution in [0, 0.1) is 11.3 Å². The molecule has 0 aliphatic carbocycles. The maximum Gasteiger partial charge on any atom is 0.254 e. The van der Waals surface area contributed by atoms with E-state index in [0.29, 0.717) is 11.1 Å². The summed E-state index contributed by atoms with van der Waals surface area (Å²) in [6.07, 6.45) is 0. The molecule has 2 aromatic carbocycles. The van der Waals surface area contributed by atoms with Gasteiger partial charge in [-0.05, 0) is 43.3 Å². The highest BCUT2D eigenvalue weighted by molar-refractivity contribution is 5.94. The summed E-state index contributed by atoms with van der Waals surface area (Å²) in [6, 6.07) is 18.2. The number of rotatable bonds is 3. The van der Waals surface area contributed by atoms with Crippen LogP contribution in [0.25, 0.3) is 11.0 Å². The fourth-order valence-corrected chi connectivity index (χ4v) is 2.47. The lowest BCUT2D eigenvalue weighted by Gasteiger charge is -2.23. The Morgan fingerprint density at radius 3 is 2.52 bits per heavy atom. The fourth-order valence-electron chi connectivity index (χ4n) is 2.47. The molecule has 4 nitrogen and oxygen atoms in total. The van der Waals surface area contributed by atoms with Crippen LogP contribution in [-0.2, 0) is 0 Å². The molecular formula is C19H16N2O2. The second-order valence-corrected chi connectivity index (χ2v) is 5.47. The van der Waals surface area contributed by atoms with E-state index in [9.17, 15) is 4.79 Å². The number of hydrogen-bond donors (Lipinski definition) is 0. The van der Waals surface area contributed by atoms with Gasteiger partial charge in [0.25, 0.3) is 5.91 Å². The lowest BCUT2D eigenvalue weighted by molar-refractivity contribution is 0.0727. The van der Waals surface area contributed by atoms with Crippen molar-refractivity contribution >= 4 is 16.9 Å². The van der Waals surface area contributed by atoms with Crippen molar-refractivity contribution < 1.29 is 9.21 Å². The predicted molar refractivity (Wildman–Crippen MR) is 87.9 cm³/mol. The fraction of sp³-hybridized carbons (Fsp3) is 0.158. The molecule has 0 saturated heterocycles. The smallest absolute Gasteiger partial charge is 0.254 e. The minimum atomic E-state index is -0.189. The van der Waals surface area contributed by atoms with Gasteiger partial charge < -0.3 is 9.32 Å². The van der Waals surface area contributed by atoms with Gasteiger partial charge in [-0.15, -0.1) is 0 Å². The first-order valence-corrected chi connectivity index (χ1v) is 7.36. The molecule has 0 spiro atoms. The number of amides is 1. The van der Waals surface area contributed by atoms with E-state index in [1.165, 1.54) is 0 Å². The molecule has 23 heavy (non-hydrogen) atoms. The third-order valence-corrected chi connectivity index (χ3v) is 4.02. The van der Waals surface area contributed by atoms with Crippen molar-refractivity contribution in [1.29, 1.82) is 5.26 Å². The van der Waals surface area contributed by atoms with Gasteiger partial charge in [0.2, 0.25) is 0 Å². The van der Waals surface area contributed by atoms with Crippen LogP contribution < -0.4 is 0 Å². The Morgan fingerprint density at radius 2 is 1.87 bits per heavy atom. The number of nitrogens with zero attached hydrogens (tertiary/aromatic N) is 2. The van der Waals surface area contributed by atoms with Gasteiger partial charge in [0.05, 0.1) is 17.7 Å². The zero-order valence-electron chi connectivity index (χ0n) is 13.0. The number of hydrogen-bond acceptors (Lipinski definition) is 3. The summed E-state index contributed by atoms with van der Waals surface area (Å²) in [5.74, 6) is 0.637. The molecule has 0 bridgehead atoms. The topological polar surface area (TPSA) is 57.2 Å². The van der Waals surface area contributed by atoms with Crippen molar-refractivity contribution in [3.05, 3.63) is 71.5 Å². The van der Waals surface area contributed by atoms with Crippen LogP contribution in [0.5, 0.6) is 0 Å². The zero-order chi connectivity index (χ0) is 16.4. The number of fused-ring (bicyclic) bond motifs is 1. The maximum atomic E-state index is 12.6. The van der Waals surface area contributed by atoms with Gasteiger partial charge in [0.15, 0.2) is 0 Å². The SMILES string of the molecule is C[C@H](c1cc2ccccc2o1)N(C)C(=O)c1ccc(C#N)cc1. The van der Waals surface area contributed by atoms with Crippen LogP contribution in [0.3, 0.4) is 0 Å². The minimum Gasteiger partial charge on any atom is -0.459 e. The Bertz CT molecular complexity index is 855. The average Bonchev–Trinajstić information content (AvgIpc) is 3.04. The highest BCUT2D eigenvalue weighted by Crippen LogP contribution is 2.27. The summed E-state index contributed by atoms with van der Waals surface area (Å²) < 4.78 is 5.84. The molecule has 1 heterocycles. The van der Waals surface area contributed by atoms with Crippen LogP contribution >= 0.6 is 0 Å². The van der Waals surface area contributed by atoms with Crippen LogP contribution in [0.15, 0.2) is 59.0 Å². The summed E-state index contributed by atoms with van der Waals surface area (Å²) in [5, 5.41) is 9.85. The van der Waals surface area contributed by atoms with Crippen LogP contribution in [0.1, 0.15) is 34.6 Å². The Balaban J connectivity index is 1.84. The van der Waals surface area contributed by atoms with E-state index in [1.807, 2.05) is 43.3 Å². The molecule has 1 atom stereocenters. The second-order valence-electron chi connectivity index (χ2n) is 5.47. The number of furan rings is 1. The van der Waals surface area contributed by atoms with Crippen LogP contribution in [-0.4, -0.2) is 17.9 Å². The largest absolute Gasteiger partial charge is 0.459 e. The molecule has 0 unspecified atom stereocenters. The lowest BCUT2D eigenvalue weighted by atomic mass is 10.1. The van der Waals surface area contributed by atoms with E-state index in [0.717, 1.165) is 16.7 Å². The monoisotopic (exact) mass is 304 g/mol. The Kier molecular flexibility index (Phi) is 3.86. The van der Waals surface area contributed by atoms with Gasteiger partial charge in [-0.1, -0.05) is 18.2 Å². The summed E-state index contributed by atoms with van der Waals surface area (Å²) in [7, 11) is 1.75. The molecule has 114 valence electrons. The number of carbonyl (C=O) groups excluding carboxylic acids is 1. The molecule has 4 heteroatoms. The number of benzene rings is 2. The molecule has 0 N–H and O–H groups in total. The summed E-state index contributed by atoms with van der Waals surface area (Å²) >= 11 is 0. The number of nitriles is 1. The third kappa shape index (κ3) is 2.82. The maximum absolute atomic E-state index is 12.6. The molecule has 3 aromatic rings. The highest BCUT2D eigenvalue weighted by Gasteiger charge is 2.21. The van der Waals surface area contributed by atoms with E-state index >= 15 is 0 Å². The molecule has 0 aliphatic rings. The van der Waals surface area contributed by atoms with E-state index in [2.05, 4.69) is 0 Å². The van der Waals surface area contributed by atoms with E-state index < -0.39 is 0 Å². The van der Waals surface area contributed by atoms with E-state index in [1.54, 1.807) is 36.2 Å². The Labute approximate surface area is 134 Å². The van der Waals surface area contributed by atoms with Crippen molar-refractivity contribution in [3.8, 4) is 6.07 Å². The molecule has 0 radical (unpaired) electrons. The molecular weight excluding hydrogens is 288 g/mol. The average molecular weight is 304 g/mol. The molecule has 1 aromatic heterocycles. The molecule has 0 saturated carbocycles. The first-order valence-electron chi connectivity index (χ1n) is 7.36. The number of para-hydroxylation sites is 1. The van der Waals surface area contributed by atoms with Gasteiger partial charge in [-0.3, -0.25) is 4.79 Å². The van der Waals surface area contributed by atoms with E-state index in [4.69, 9.17) is 9.68 Å². The molecule has 0 fully saturated rings.